The molecule has 2 unspecified atom stereocenters. The second-order valence-corrected chi connectivity index (χ2v) is 6.75. The number of aliphatic carboxylic acids is 1. The molecular weight excluding hydrogens is 344 g/mol. The maximum absolute atomic E-state index is 10.3. The third-order valence-corrected chi connectivity index (χ3v) is 4.97. The molecule has 0 aliphatic heterocycles. The van der Waals surface area contributed by atoms with Gasteiger partial charge in [0.1, 0.15) is 6.61 Å². The van der Waals surface area contributed by atoms with E-state index in [4.69, 9.17) is 19.7 Å². The van der Waals surface area contributed by atoms with Crippen molar-refractivity contribution in [3.63, 3.8) is 0 Å². The predicted molar refractivity (Wildman–Crippen MR) is 102 cm³/mol. The zero-order valence-corrected chi connectivity index (χ0v) is 15.3. The van der Waals surface area contributed by atoms with Crippen LogP contribution in [0.3, 0.4) is 0 Å². The van der Waals surface area contributed by atoms with Crippen LogP contribution in [-0.2, 0) is 27.1 Å². The van der Waals surface area contributed by atoms with Crippen molar-refractivity contribution in [3.8, 4) is 0 Å². The SMILES string of the molecule is O=C(O)COC1CCc2ccccc21.OCCOC1CCc2ccccc21. The standard InChI is InChI=1S/C11H12O3.C11H14O2/c12-11(13)7-14-10-6-5-8-3-1-2-4-9(8)10;12-7-8-13-11-6-5-9-3-1-2-4-10(9)11/h1-4,10H,5-7H2,(H,12,13);1-4,11-12H,5-8H2. The first-order chi connectivity index (χ1) is 13.2. The van der Waals surface area contributed by atoms with Gasteiger partial charge in [-0.05, 0) is 47.9 Å². The molecule has 0 aromatic heterocycles. The van der Waals surface area contributed by atoms with Crippen molar-refractivity contribution >= 4 is 5.97 Å². The fourth-order valence-corrected chi connectivity index (χ4v) is 3.75. The maximum Gasteiger partial charge on any atom is 0.329 e. The number of fused-ring (bicyclic) bond motifs is 2. The topological polar surface area (TPSA) is 76.0 Å². The van der Waals surface area contributed by atoms with Crippen LogP contribution in [0.5, 0.6) is 0 Å². The molecule has 2 aromatic rings. The van der Waals surface area contributed by atoms with Gasteiger partial charge < -0.3 is 19.7 Å². The van der Waals surface area contributed by atoms with Crippen LogP contribution < -0.4 is 0 Å². The first kappa shape index (κ1) is 19.5. The summed E-state index contributed by atoms with van der Waals surface area (Å²) in [6, 6.07) is 16.4. The van der Waals surface area contributed by atoms with Gasteiger partial charge in [-0.25, -0.2) is 4.79 Å². The fraction of sp³-hybridized carbons (Fsp3) is 0.409. The van der Waals surface area contributed by atoms with Gasteiger partial charge in [0.15, 0.2) is 0 Å². The molecule has 2 N–H and O–H groups in total. The second-order valence-electron chi connectivity index (χ2n) is 6.75. The highest BCUT2D eigenvalue weighted by Crippen LogP contribution is 2.34. The summed E-state index contributed by atoms with van der Waals surface area (Å²) in [5.74, 6) is -0.908. The van der Waals surface area contributed by atoms with Gasteiger partial charge in [-0.15, -0.1) is 0 Å². The Labute approximate surface area is 159 Å². The van der Waals surface area contributed by atoms with Crippen LogP contribution in [0, 0.1) is 0 Å². The van der Waals surface area contributed by atoms with Crippen LogP contribution in [0.15, 0.2) is 48.5 Å². The summed E-state index contributed by atoms with van der Waals surface area (Å²) in [4.78, 5) is 10.3. The highest BCUT2D eigenvalue weighted by atomic mass is 16.5. The first-order valence-electron chi connectivity index (χ1n) is 9.40. The summed E-state index contributed by atoms with van der Waals surface area (Å²) in [5.41, 5.74) is 5.12. The largest absolute Gasteiger partial charge is 0.480 e. The van der Waals surface area contributed by atoms with Gasteiger partial charge in [-0.1, -0.05) is 48.5 Å². The zero-order valence-electron chi connectivity index (χ0n) is 15.3. The number of ether oxygens (including phenoxy) is 2. The molecule has 0 heterocycles. The van der Waals surface area contributed by atoms with Crippen LogP contribution in [0.4, 0.5) is 0 Å². The molecule has 0 saturated carbocycles. The number of hydrogen-bond acceptors (Lipinski definition) is 4. The van der Waals surface area contributed by atoms with Crippen molar-refractivity contribution < 1.29 is 24.5 Å². The minimum absolute atomic E-state index is 0.0256. The summed E-state index contributed by atoms with van der Waals surface area (Å²) >= 11 is 0. The van der Waals surface area contributed by atoms with Gasteiger partial charge in [-0.2, -0.15) is 0 Å². The number of carboxylic acid groups (broad SMARTS) is 1. The predicted octanol–water partition coefficient (Wildman–Crippen LogP) is 3.46. The lowest BCUT2D eigenvalue weighted by atomic mass is 10.1. The molecule has 0 amide bonds. The molecule has 2 aromatic carbocycles. The summed E-state index contributed by atoms with van der Waals surface area (Å²) in [6.45, 7) is 0.344. The van der Waals surface area contributed by atoms with Crippen molar-refractivity contribution in [2.45, 2.75) is 37.9 Å². The Morgan fingerprint density at radius 3 is 1.93 bits per heavy atom. The lowest BCUT2D eigenvalue weighted by Crippen LogP contribution is -2.10. The van der Waals surface area contributed by atoms with Gasteiger partial charge in [0.05, 0.1) is 25.4 Å². The number of hydrogen-bond donors (Lipinski definition) is 2. The Morgan fingerprint density at radius 2 is 1.41 bits per heavy atom. The summed E-state index contributed by atoms with van der Waals surface area (Å²) in [5, 5.41) is 17.1. The first-order valence-corrected chi connectivity index (χ1v) is 9.40. The molecule has 0 saturated heterocycles. The van der Waals surface area contributed by atoms with E-state index in [1.165, 1.54) is 16.7 Å². The molecular formula is C22H26O5. The lowest BCUT2D eigenvalue weighted by Gasteiger charge is -2.11. The van der Waals surface area contributed by atoms with Gasteiger partial charge in [0.25, 0.3) is 0 Å². The highest BCUT2D eigenvalue weighted by molar-refractivity contribution is 5.68. The molecule has 2 atom stereocenters. The van der Waals surface area contributed by atoms with Crippen molar-refractivity contribution in [3.05, 3.63) is 70.8 Å². The molecule has 4 rings (SSSR count). The molecule has 0 bridgehead atoms. The second kappa shape index (κ2) is 9.65. The third-order valence-electron chi connectivity index (χ3n) is 4.97. The van der Waals surface area contributed by atoms with Gasteiger partial charge in [0.2, 0.25) is 0 Å². The van der Waals surface area contributed by atoms with Gasteiger partial charge >= 0.3 is 5.97 Å². The molecule has 2 aliphatic rings. The maximum atomic E-state index is 10.3. The van der Waals surface area contributed by atoms with E-state index in [1.807, 2.05) is 24.3 Å². The molecule has 5 nitrogen and oxygen atoms in total. The van der Waals surface area contributed by atoms with E-state index in [-0.39, 0.29) is 25.4 Å². The smallest absolute Gasteiger partial charge is 0.329 e. The lowest BCUT2D eigenvalue weighted by molar-refractivity contribution is -0.144. The highest BCUT2D eigenvalue weighted by Gasteiger charge is 2.23. The summed E-state index contributed by atoms with van der Waals surface area (Å²) in [7, 11) is 0. The van der Waals surface area contributed by atoms with E-state index in [2.05, 4.69) is 24.3 Å². The number of aliphatic hydroxyl groups is 1. The van der Waals surface area contributed by atoms with Crippen molar-refractivity contribution in [1.29, 1.82) is 0 Å². The summed E-state index contributed by atoms with van der Waals surface area (Å²) in [6.07, 6.45) is 4.23. The molecule has 2 aliphatic carbocycles. The summed E-state index contributed by atoms with van der Waals surface area (Å²) < 4.78 is 10.8. The van der Waals surface area contributed by atoms with Crippen molar-refractivity contribution in [2.75, 3.05) is 19.8 Å². The Bertz CT molecular complexity index is 758. The number of aliphatic hydroxyl groups excluding tert-OH is 1. The minimum atomic E-state index is -0.908. The average Bonchev–Trinajstić information content (AvgIpc) is 3.29. The zero-order chi connectivity index (χ0) is 19.1. The average molecular weight is 370 g/mol. The van der Waals surface area contributed by atoms with E-state index >= 15 is 0 Å². The number of aryl methyl sites for hydroxylation is 2. The van der Waals surface area contributed by atoms with Crippen LogP contribution in [0.2, 0.25) is 0 Å². The monoisotopic (exact) mass is 370 g/mol. The van der Waals surface area contributed by atoms with E-state index in [0.29, 0.717) is 6.61 Å². The van der Waals surface area contributed by atoms with Crippen LogP contribution in [0.1, 0.15) is 47.3 Å². The molecule has 0 fully saturated rings. The number of benzene rings is 2. The normalized spacial score (nSPS) is 19.7. The van der Waals surface area contributed by atoms with Crippen molar-refractivity contribution in [1.82, 2.24) is 0 Å². The molecule has 0 radical (unpaired) electrons. The van der Waals surface area contributed by atoms with E-state index in [9.17, 15) is 4.79 Å². The van der Waals surface area contributed by atoms with E-state index in [1.54, 1.807) is 0 Å². The molecule has 27 heavy (non-hydrogen) atoms. The van der Waals surface area contributed by atoms with Crippen LogP contribution >= 0.6 is 0 Å². The molecule has 144 valence electrons. The Hall–Kier alpha value is -2.21. The minimum Gasteiger partial charge on any atom is -0.480 e. The number of carboxylic acids is 1. The van der Waals surface area contributed by atoms with E-state index < -0.39 is 5.97 Å². The third kappa shape index (κ3) is 5.16. The molecule has 5 heteroatoms. The quantitative estimate of drug-likeness (QED) is 0.814. The molecule has 0 spiro atoms. The number of carbonyl (C=O) groups is 1. The van der Waals surface area contributed by atoms with Crippen LogP contribution in [0.25, 0.3) is 0 Å². The Morgan fingerprint density at radius 1 is 0.889 bits per heavy atom. The Balaban J connectivity index is 0.000000156. The van der Waals surface area contributed by atoms with Gasteiger partial charge in [-0.3, -0.25) is 0 Å². The Kier molecular flexibility index (Phi) is 6.98. The van der Waals surface area contributed by atoms with E-state index in [0.717, 1.165) is 31.2 Å². The fourth-order valence-electron chi connectivity index (χ4n) is 3.75. The van der Waals surface area contributed by atoms with Crippen molar-refractivity contribution in [2.24, 2.45) is 0 Å². The van der Waals surface area contributed by atoms with Gasteiger partial charge in [0, 0.05) is 0 Å². The van der Waals surface area contributed by atoms with Crippen LogP contribution in [-0.4, -0.2) is 36.0 Å². The number of rotatable bonds is 6.